The van der Waals surface area contributed by atoms with Gasteiger partial charge in [0.15, 0.2) is 0 Å². The molecule has 0 spiro atoms. The van der Waals surface area contributed by atoms with E-state index in [0.717, 1.165) is 12.2 Å². The van der Waals surface area contributed by atoms with Crippen LogP contribution in [0, 0.1) is 0 Å². The predicted molar refractivity (Wildman–Crippen MR) is 193 cm³/mol. The molecule has 4 aliphatic rings. The Balaban J connectivity index is 1.14. The predicted octanol–water partition coefficient (Wildman–Crippen LogP) is 10.8. The maximum atomic E-state index is 7.36. The highest BCUT2D eigenvalue weighted by molar-refractivity contribution is 7.20. The standard InChI is InChI=1S/C43H33NOS/c1-43(2)34-20-10-8-18-31(34)39-40(43)30-17-7-6-16-29(30)38-32-19-12-21-35(41(32)45-42(38)39)44(26-13-4-3-5-14-26)27-23-24-37-33(25-27)28-15-9-11-22-36(28)46-37/h3-24,27,32,41H,25H2,1-2H3. The van der Waals surface area contributed by atoms with Gasteiger partial charge in [0.2, 0.25) is 0 Å². The third-order valence-corrected chi connectivity index (χ3v) is 11.9. The highest BCUT2D eigenvalue weighted by Gasteiger charge is 2.47. The molecule has 5 aromatic carbocycles. The van der Waals surface area contributed by atoms with Crippen LogP contribution < -0.4 is 9.64 Å². The largest absolute Gasteiger partial charge is 0.482 e. The molecule has 0 bridgehead atoms. The second-order valence-electron chi connectivity index (χ2n) is 13.5. The number of anilines is 1. The zero-order chi connectivity index (χ0) is 30.6. The summed E-state index contributed by atoms with van der Waals surface area (Å²) in [5.41, 5.74) is 10.4. The van der Waals surface area contributed by atoms with Crippen LogP contribution in [0.25, 0.3) is 38.1 Å². The Morgan fingerprint density at radius 3 is 2.39 bits per heavy atom. The quantitative estimate of drug-likeness (QED) is 0.197. The van der Waals surface area contributed by atoms with Crippen LogP contribution in [0.1, 0.15) is 46.9 Å². The molecule has 3 heteroatoms. The lowest BCUT2D eigenvalue weighted by Crippen LogP contribution is -2.42. The molecule has 0 radical (unpaired) electrons. The van der Waals surface area contributed by atoms with E-state index in [-0.39, 0.29) is 23.5 Å². The number of allylic oxidation sites excluding steroid dienone is 2. The summed E-state index contributed by atoms with van der Waals surface area (Å²) in [6, 6.07) is 37.9. The average Bonchev–Trinajstić information content (AvgIpc) is 3.74. The van der Waals surface area contributed by atoms with Crippen molar-refractivity contribution in [3.05, 3.63) is 160 Å². The molecule has 10 rings (SSSR count). The fourth-order valence-corrected chi connectivity index (χ4v) is 9.95. The molecule has 6 aromatic rings. The minimum atomic E-state index is -0.125. The Bertz CT molecular complexity index is 2320. The number of rotatable bonds is 3. The topological polar surface area (TPSA) is 12.5 Å². The Morgan fingerprint density at radius 2 is 1.52 bits per heavy atom. The van der Waals surface area contributed by atoms with E-state index in [1.807, 2.05) is 11.3 Å². The average molecular weight is 612 g/mol. The van der Waals surface area contributed by atoms with Crippen molar-refractivity contribution in [1.82, 2.24) is 0 Å². The van der Waals surface area contributed by atoms with Gasteiger partial charge in [-0.3, -0.25) is 0 Å². The van der Waals surface area contributed by atoms with E-state index in [0.29, 0.717) is 0 Å². The van der Waals surface area contributed by atoms with Gasteiger partial charge in [0.05, 0.1) is 11.7 Å². The van der Waals surface area contributed by atoms with Gasteiger partial charge < -0.3 is 9.64 Å². The van der Waals surface area contributed by atoms with Crippen LogP contribution in [0.2, 0.25) is 0 Å². The van der Waals surface area contributed by atoms with Gasteiger partial charge in [-0.25, -0.2) is 0 Å². The van der Waals surface area contributed by atoms with E-state index in [1.54, 1.807) is 0 Å². The smallest absolute Gasteiger partial charge is 0.149 e. The molecule has 0 saturated carbocycles. The van der Waals surface area contributed by atoms with Crippen molar-refractivity contribution in [3.63, 3.8) is 0 Å². The van der Waals surface area contributed by atoms with Gasteiger partial charge in [-0.15, -0.1) is 11.3 Å². The molecule has 0 saturated heterocycles. The van der Waals surface area contributed by atoms with E-state index >= 15 is 0 Å². The van der Waals surface area contributed by atoms with Crippen molar-refractivity contribution >= 4 is 44.0 Å². The highest BCUT2D eigenvalue weighted by atomic mass is 32.1. The summed E-state index contributed by atoms with van der Waals surface area (Å²) < 4.78 is 8.72. The van der Waals surface area contributed by atoms with E-state index in [4.69, 9.17) is 4.74 Å². The van der Waals surface area contributed by atoms with Gasteiger partial charge in [0.25, 0.3) is 0 Å². The molecule has 46 heavy (non-hydrogen) atoms. The number of nitrogens with zero attached hydrogens (tertiary/aromatic N) is 1. The molecule has 3 unspecified atom stereocenters. The Labute approximate surface area is 273 Å². The first kappa shape index (κ1) is 26.4. The number of ether oxygens (including phenoxy) is 1. The van der Waals surface area contributed by atoms with Crippen molar-refractivity contribution in [2.75, 3.05) is 4.90 Å². The summed E-state index contributed by atoms with van der Waals surface area (Å²) in [5, 5.41) is 4.04. The third-order valence-electron chi connectivity index (χ3n) is 10.7. The first-order chi connectivity index (χ1) is 22.6. The van der Waals surface area contributed by atoms with Crippen LogP contribution in [0.15, 0.2) is 133 Å². The molecule has 3 atom stereocenters. The number of fused-ring (bicyclic) bond motifs is 13. The first-order valence-electron chi connectivity index (χ1n) is 16.4. The second-order valence-corrected chi connectivity index (χ2v) is 14.6. The third kappa shape index (κ3) is 3.52. The van der Waals surface area contributed by atoms with Crippen molar-refractivity contribution in [2.45, 2.75) is 43.7 Å². The lowest BCUT2D eigenvalue weighted by atomic mass is 9.78. The van der Waals surface area contributed by atoms with Crippen molar-refractivity contribution in [2.24, 2.45) is 0 Å². The molecule has 1 aliphatic heterocycles. The SMILES string of the molecule is CC1(C)c2ccccc2-c2c3c(c4ccccc4c21)C1C=CC=C(N(c2ccccc2)C2C=Cc4sc5ccccc5c4C2)C1O3. The second kappa shape index (κ2) is 9.57. The number of hydrogen-bond acceptors (Lipinski definition) is 3. The summed E-state index contributed by atoms with van der Waals surface area (Å²) in [7, 11) is 0. The van der Waals surface area contributed by atoms with Gasteiger partial charge in [0.1, 0.15) is 11.9 Å². The molecular weight excluding hydrogens is 579 g/mol. The fraction of sp³-hybridized carbons (Fsp3) is 0.163. The first-order valence-corrected chi connectivity index (χ1v) is 17.2. The zero-order valence-electron chi connectivity index (χ0n) is 25.9. The van der Waals surface area contributed by atoms with Crippen molar-refractivity contribution in [1.29, 1.82) is 0 Å². The maximum Gasteiger partial charge on any atom is 0.149 e. The molecule has 0 N–H and O–H groups in total. The number of thiophene rings is 1. The lowest BCUT2D eigenvalue weighted by Gasteiger charge is -2.39. The van der Waals surface area contributed by atoms with Gasteiger partial charge in [-0.1, -0.05) is 117 Å². The summed E-state index contributed by atoms with van der Waals surface area (Å²) in [6.45, 7) is 4.75. The molecule has 3 aliphatic carbocycles. The number of benzene rings is 5. The summed E-state index contributed by atoms with van der Waals surface area (Å²) in [6.07, 6.45) is 12.5. The highest BCUT2D eigenvalue weighted by Crippen LogP contribution is 2.61. The fourth-order valence-electron chi connectivity index (χ4n) is 8.80. The van der Waals surface area contributed by atoms with Crippen LogP contribution in [0.4, 0.5) is 5.69 Å². The zero-order valence-corrected chi connectivity index (χ0v) is 26.7. The van der Waals surface area contributed by atoms with Crippen molar-refractivity contribution < 1.29 is 4.74 Å². The Hall–Kier alpha value is -4.86. The summed E-state index contributed by atoms with van der Waals surface area (Å²) >= 11 is 1.90. The number of para-hydroxylation sites is 1. The van der Waals surface area contributed by atoms with E-state index in [9.17, 15) is 0 Å². The van der Waals surface area contributed by atoms with E-state index in [1.165, 1.54) is 70.5 Å². The van der Waals surface area contributed by atoms with Crippen LogP contribution in [-0.4, -0.2) is 12.1 Å². The molecule has 1 aromatic heterocycles. The minimum absolute atomic E-state index is 0.115. The van der Waals surface area contributed by atoms with Gasteiger partial charge >= 0.3 is 0 Å². The monoisotopic (exact) mass is 611 g/mol. The Morgan fingerprint density at radius 1 is 0.783 bits per heavy atom. The van der Waals surface area contributed by atoms with Crippen LogP contribution in [-0.2, 0) is 11.8 Å². The normalized spacial score (nSPS) is 21.3. The molecule has 0 fully saturated rings. The molecule has 0 amide bonds. The molecule has 2 heterocycles. The van der Waals surface area contributed by atoms with Crippen LogP contribution in [0.5, 0.6) is 5.75 Å². The van der Waals surface area contributed by atoms with E-state index in [2.05, 4.69) is 152 Å². The Kier molecular flexibility index (Phi) is 5.49. The van der Waals surface area contributed by atoms with Gasteiger partial charge in [-0.2, -0.15) is 0 Å². The van der Waals surface area contributed by atoms with Crippen LogP contribution >= 0.6 is 11.3 Å². The lowest BCUT2D eigenvalue weighted by molar-refractivity contribution is 0.250. The molecular formula is C43H33NOS. The van der Waals surface area contributed by atoms with E-state index < -0.39 is 0 Å². The number of hydrogen-bond donors (Lipinski definition) is 0. The minimum Gasteiger partial charge on any atom is -0.482 e. The molecule has 2 nitrogen and oxygen atoms in total. The van der Waals surface area contributed by atoms with Gasteiger partial charge in [0, 0.05) is 37.7 Å². The molecule has 222 valence electrons. The van der Waals surface area contributed by atoms with Gasteiger partial charge in [-0.05, 0) is 75.2 Å². The summed E-state index contributed by atoms with van der Waals surface area (Å²) in [5.74, 6) is 1.19. The maximum absolute atomic E-state index is 7.36. The van der Waals surface area contributed by atoms with Crippen molar-refractivity contribution in [3.8, 4) is 16.9 Å². The van der Waals surface area contributed by atoms with Crippen LogP contribution in [0.3, 0.4) is 0 Å². The summed E-state index contributed by atoms with van der Waals surface area (Å²) in [4.78, 5) is 3.94.